The Morgan fingerprint density at radius 1 is 1.30 bits per heavy atom. The van der Waals surface area contributed by atoms with Crippen molar-refractivity contribution in [1.82, 2.24) is 9.21 Å². The quantitative estimate of drug-likeness (QED) is 0.906. The molecule has 5 nitrogen and oxygen atoms in total. The largest absolute Gasteiger partial charge is 0.326 e. The highest BCUT2D eigenvalue weighted by atomic mass is 32.2. The number of piperazine rings is 1. The third-order valence-electron chi connectivity index (χ3n) is 4.26. The topological polar surface area (TPSA) is 66.6 Å². The minimum absolute atomic E-state index is 0.391. The second-order valence-electron chi connectivity index (χ2n) is 5.53. The minimum Gasteiger partial charge on any atom is -0.326 e. The zero-order valence-electron chi connectivity index (χ0n) is 11.5. The smallest absolute Gasteiger partial charge is 0.252 e. The maximum Gasteiger partial charge on any atom is 0.252 e. The summed E-state index contributed by atoms with van der Waals surface area (Å²) in [5.74, 6) is 0. The molecule has 0 aliphatic carbocycles. The predicted molar refractivity (Wildman–Crippen MR) is 80.2 cm³/mol. The Labute approximate surface area is 124 Å². The number of fused-ring (bicyclic) bond motifs is 1. The highest BCUT2D eigenvalue weighted by molar-refractivity contribution is 7.91. The van der Waals surface area contributed by atoms with Gasteiger partial charge in [0, 0.05) is 32.2 Å². The lowest BCUT2D eigenvalue weighted by Gasteiger charge is -2.43. The first kappa shape index (κ1) is 14.5. The number of sulfonamides is 1. The summed E-state index contributed by atoms with van der Waals surface area (Å²) in [5.41, 5.74) is 6.46. The molecular weight excluding hydrogens is 294 g/mol. The van der Waals surface area contributed by atoms with E-state index >= 15 is 0 Å². The summed E-state index contributed by atoms with van der Waals surface area (Å²) in [5, 5.41) is 1.84. The number of rotatable bonds is 3. The fraction of sp³-hybridized carbons (Fsp3) is 0.692. The van der Waals surface area contributed by atoms with Crippen molar-refractivity contribution < 1.29 is 8.42 Å². The van der Waals surface area contributed by atoms with Crippen LogP contribution in [0.3, 0.4) is 0 Å². The van der Waals surface area contributed by atoms with Gasteiger partial charge in [-0.3, -0.25) is 4.90 Å². The number of nitrogens with zero attached hydrogens (tertiary/aromatic N) is 2. The van der Waals surface area contributed by atoms with Crippen molar-refractivity contribution in [3.63, 3.8) is 0 Å². The van der Waals surface area contributed by atoms with Crippen molar-refractivity contribution in [1.29, 1.82) is 0 Å². The van der Waals surface area contributed by atoms with Gasteiger partial charge in [-0.15, -0.1) is 11.3 Å². The van der Waals surface area contributed by atoms with Gasteiger partial charge in [0.25, 0.3) is 10.0 Å². The average Bonchev–Trinajstić information content (AvgIpc) is 2.96. The Balaban J connectivity index is 1.77. The minimum atomic E-state index is -3.33. The molecule has 2 aliphatic rings. The van der Waals surface area contributed by atoms with E-state index in [1.807, 2.05) is 5.38 Å². The lowest BCUT2D eigenvalue weighted by atomic mass is 10.0. The van der Waals surface area contributed by atoms with Gasteiger partial charge >= 0.3 is 0 Å². The van der Waals surface area contributed by atoms with Crippen molar-refractivity contribution in [2.24, 2.45) is 5.73 Å². The molecule has 1 aromatic heterocycles. The van der Waals surface area contributed by atoms with Crippen LogP contribution in [0.25, 0.3) is 0 Å². The summed E-state index contributed by atoms with van der Waals surface area (Å²) in [6.07, 6.45) is 3.57. The van der Waals surface area contributed by atoms with Gasteiger partial charge in [-0.05, 0) is 36.4 Å². The summed E-state index contributed by atoms with van der Waals surface area (Å²) in [6, 6.07) is 2.12. The van der Waals surface area contributed by atoms with Gasteiger partial charge in [0.1, 0.15) is 4.21 Å². The van der Waals surface area contributed by atoms with E-state index in [0.29, 0.717) is 29.9 Å². The number of hydrogen-bond donors (Lipinski definition) is 1. The normalized spacial score (nSPS) is 25.6. The van der Waals surface area contributed by atoms with Crippen LogP contribution < -0.4 is 5.73 Å². The molecule has 112 valence electrons. The molecule has 2 saturated heterocycles. The second kappa shape index (κ2) is 5.73. The van der Waals surface area contributed by atoms with Crippen LogP contribution in [0.5, 0.6) is 0 Å². The molecule has 0 amide bonds. The third-order valence-corrected chi connectivity index (χ3v) is 7.59. The van der Waals surface area contributed by atoms with E-state index in [9.17, 15) is 8.42 Å². The van der Waals surface area contributed by atoms with E-state index in [4.69, 9.17) is 5.73 Å². The molecule has 2 N–H and O–H groups in total. The van der Waals surface area contributed by atoms with E-state index in [0.717, 1.165) is 25.1 Å². The molecule has 0 spiro atoms. The van der Waals surface area contributed by atoms with Gasteiger partial charge < -0.3 is 5.73 Å². The highest BCUT2D eigenvalue weighted by Crippen LogP contribution is 2.28. The maximum absolute atomic E-state index is 12.7. The van der Waals surface area contributed by atoms with Crippen LogP contribution in [0.15, 0.2) is 15.7 Å². The zero-order chi connectivity index (χ0) is 14.2. The molecule has 2 fully saturated rings. The fourth-order valence-electron chi connectivity index (χ4n) is 3.07. The molecular formula is C13H21N3O2S2. The average molecular weight is 315 g/mol. The monoisotopic (exact) mass is 315 g/mol. The Kier molecular flexibility index (Phi) is 4.14. The first-order chi connectivity index (χ1) is 9.61. The number of piperidine rings is 1. The lowest BCUT2D eigenvalue weighted by molar-refractivity contribution is 0.0852. The molecule has 0 bridgehead atoms. The zero-order valence-corrected chi connectivity index (χ0v) is 13.1. The van der Waals surface area contributed by atoms with Crippen LogP contribution in [-0.4, -0.2) is 49.8 Å². The molecule has 1 atom stereocenters. The molecule has 7 heteroatoms. The van der Waals surface area contributed by atoms with Gasteiger partial charge in [-0.1, -0.05) is 6.42 Å². The molecule has 1 unspecified atom stereocenters. The molecule has 2 aliphatic heterocycles. The molecule has 0 saturated carbocycles. The molecule has 3 heterocycles. The van der Waals surface area contributed by atoms with E-state index in [1.54, 1.807) is 10.4 Å². The van der Waals surface area contributed by atoms with Crippen LogP contribution in [0, 0.1) is 0 Å². The maximum atomic E-state index is 12.7. The number of hydrogen-bond acceptors (Lipinski definition) is 5. The van der Waals surface area contributed by atoms with Crippen LogP contribution >= 0.6 is 11.3 Å². The molecule has 1 aromatic rings. The Morgan fingerprint density at radius 3 is 2.90 bits per heavy atom. The first-order valence-corrected chi connectivity index (χ1v) is 9.45. The SMILES string of the molecule is NCc1csc(S(=O)(=O)N2CCN3CCCCC3C2)c1. The molecule has 20 heavy (non-hydrogen) atoms. The molecule has 0 radical (unpaired) electrons. The van der Waals surface area contributed by atoms with Crippen molar-refractivity contribution in [2.45, 2.75) is 36.1 Å². The Hall–Kier alpha value is -0.470. The summed E-state index contributed by atoms with van der Waals surface area (Å²) in [4.78, 5) is 2.44. The Bertz CT molecular complexity index is 570. The van der Waals surface area contributed by atoms with E-state index in [2.05, 4.69) is 4.90 Å². The van der Waals surface area contributed by atoms with Gasteiger partial charge in [-0.2, -0.15) is 4.31 Å². The van der Waals surface area contributed by atoms with E-state index in [1.165, 1.54) is 24.2 Å². The van der Waals surface area contributed by atoms with Crippen molar-refractivity contribution >= 4 is 21.4 Å². The third kappa shape index (κ3) is 2.65. The van der Waals surface area contributed by atoms with Gasteiger partial charge in [-0.25, -0.2) is 8.42 Å². The number of nitrogens with two attached hydrogens (primary N) is 1. The fourth-order valence-corrected chi connectivity index (χ4v) is 5.91. The van der Waals surface area contributed by atoms with Gasteiger partial charge in [0.15, 0.2) is 0 Å². The highest BCUT2D eigenvalue weighted by Gasteiger charge is 2.35. The van der Waals surface area contributed by atoms with Crippen molar-refractivity contribution in [2.75, 3.05) is 26.2 Å². The summed E-state index contributed by atoms with van der Waals surface area (Å²) in [7, 11) is -3.33. The van der Waals surface area contributed by atoms with Gasteiger partial charge in [0.2, 0.25) is 0 Å². The number of thiophene rings is 1. The molecule has 3 rings (SSSR count). The van der Waals surface area contributed by atoms with E-state index in [-0.39, 0.29) is 0 Å². The Morgan fingerprint density at radius 2 is 2.15 bits per heavy atom. The van der Waals surface area contributed by atoms with Crippen LogP contribution in [0.2, 0.25) is 0 Å². The van der Waals surface area contributed by atoms with E-state index < -0.39 is 10.0 Å². The first-order valence-electron chi connectivity index (χ1n) is 7.13. The van der Waals surface area contributed by atoms with Crippen LogP contribution in [-0.2, 0) is 16.6 Å². The summed E-state index contributed by atoms with van der Waals surface area (Å²) >= 11 is 1.28. The van der Waals surface area contributed by atoms with Crippen LogP contribution in [0.1, 0.15) is 24.8 Å². The van der Waals surface area contributed by atoms with Gasteiger partial charge in [0.05, 0.1) is 0 Å². The standard InChI is InChI=1S/C13H21N3O2S2/c14-8-11-7-13(19-10-11)20(17,18)16-6-5-15-4-2-1-3-12(15)9-16/h7,10,12H,1-6,8-9,14H2. The second-order valence-corrected chi connectivity index (χ2v) is 8.60. The van der Waals surface area contributed by atoms with Crippen molar-refractivity contribution in [3.05, 3.63) is 17.0 Å². The lowest BCUT2D eigenvalue weighted by Crippen LogP contribution is -2.55. The molecule has 0 aromatic carbocycles. The van der Waals surface area contributed by atoms with Crippen LogP contribution in [0.4, 0.5) is 0 Å². The van der Waals surface area contributed by atoms with Crippen molar-refractivity contribution in [3.8, 4) is 0 Å². The summed E-state index contributed by atoms with van der Waals surface area (Å²) in [6.45, 7) is 3.61. The predicted octanol–water partition coefficient (Wildman–Crippen LogP) is 1.07. The summed E-state index contributed by atoms with van der Waals surface area (Å²) < 4.78 is 27.4.